The Morgan fingerprint density at radius 1 is 1.04 bits per heavy atom. The third-order valence-electron chi connectivity index (χ3n) is 4.98. The summed E-state index contributed by atoms with van der Waals surface area (Å²) in [6.45, 7) is 6.47. The molecule has 1 amide bonds. The van der Waals surface area contributed by atoms with Gasteiger partial charge in [-0.15, -0.1) is 0 Å². The van der Waals surface area contributed by atoms with E-state index in [1.165, 1.54) is 17.2 Å². The van der Waals surface area contributed by atoms with Crippen molar-refractivity contribution in [3.63, 3.8) is 0 Å². The van der Waals surface area contributed by atoms with Gasteiger partial charge in [0.1, 0.15) is 5.69 Å². The van der Waals surface area contributed by atoms with Gasteiger partial charge in [-0.3, -0.25) is 14.9 Å². The van der Waals surface area contributed by atoms with E-state index in [2.05, 4.69) is 19.9 Å². The van der Waals surface area contributed by atoms with Crippen molar-refractivity contribution in [1.29, 1.82) is 0 Å². The highest BCUT2D eigenvalue weighted by atomic mass is 16.6. The fourth-order valence-electron chi connectivity index (χ4n) is 3.28. The largest absolute Gasteiger partial charge is 0.362 e. The van der Waals surface area contributed by atoms with Crippen LogP contribution in [0.2, 0.25) is 0 Å². The summed E-state index contributed by atoms with van der Waals surface area (Å²) >= 11 is 0. The molecule has 2 aromatic rings. The number of carbonyl (C=O) groups is 1. The molecule has 0 radical (unpaired) electrons. The summed E-state index contributed by atoms with van der Waals surface area (Å²) in [6, 6.07) is 12.9. The molecule has 1 fully saturated rings. The van der Waals surface area contributed by atoms with Gasteiger partial charge < -0.3 is 9.80 Å². The lowest BCUT2D eigenvalue weighted by atomic mass is 10.0. The summed E-state index contributed by atoms with van der Waals surface area (Å²) in [5, 5.41) is 11.2. The van der Waals surface area contributed by atoms with Crippen LogP contribution in [-0.4, -0.2) is 41.9 Å². The third-order valence-corrected chi connectivity index (χ3v) is 4.98. The van der Waals surface area contributed by atoms with E-state index in [1.54, 1.807) is 18.2 Å². The molecule has 0 N–H and O–H groups in total. The first-order valence-corrected chi connectivity index (χ1v) is 8.78. The lowest BCUT2D eigenvalue weighted by molar-refractivity contribution is -0.384. The number of carbonyl (C=O) groups excluding carboxylic acids is 1. The highest BCUT2D eigenvalue weighted by molar-refractivity contribution is 5.79. The van der Waals surface area contributed by atoms with Gasteiger partial charge in [0.2, 0.25) is 5.91 Å². The number of aryl methyl sites for hydroxylation is 2. The summed E-state index contributed by atoms with van der Waals surface area (Å²) in [7, 11) is 0. The van der Waals surface area contributed by atoms with Crippen LogP contribution < -0.4 is 4.90 Å². The maximum Gasteiger partial charge on any atom is 0.292 e. The van der Waals surface area contributed by atoms with Gasteiger partial charge in [0.25, 0.3) is 5.69 Å². The molecule has 0 atom stereocenters. The van der Waals surface area contributed by atoms with E-state index >= 15 is 0 Å². The molecule has 6 heteroatoms. The van der Waals surface area contributed by atoms with E-state index < -0.39 is 0 Å². The minimum Gasteiger partial charge on any atom is -0.362 e. The Bertz CT molecular complexity index is 827. The number of hydrogen-bond donors (Lipinski definition) is 0. The molecule has 0 aromatic heterocycles. The average molecular weight is 353 g/mol. The molecule has 6 nitrogen and oxygen atoms in total. The van der Waals surface area contributed by atoms with E-state index in [1.807, 2.05) is 21.9 Å². The Labute approximate surface area is 153 Å². The fourth-order valence-corrected chi connectivity index (χ4v) is 3.28. The number of amides is 1. The lowest BCUT2D eigenvalue weighted by Gasteiger charge is -2.35. The predicted octanol–water partition coefficient (Wildman–Crippen LogP) is 3.10. The molecule has 2 aromatic carbocycles. The minimum atomic E-state index is -0.355. The number of anilines is 1. The third kappa shape index (κ3) is 3.85. The standard InChI is InChI=1S/C20H23N3O3/c1-15-7-8-17(13-16(15)2)14-20(24)22-11-9-21(10-12-22)18-5-3-4-6-19(18)23(25)26/h3-8,13H,9-12,14H2,1-2H3. The second kappa shape index (κ2) is 7.56. The van der Waals surface area contributed by atoms with Gasteiger partial charge >= 0.3 is 0 Å². The zero-order valence-electron chi connectivity index (χ0n) is 15.1. The van der Waals surface area contributed by atoms with Gasteiger partial charge in [0.05, 0.1) is 11.3 Å². The van der Waals surface area contributed by atoms with E-state index in [4.69, 9.17) is 0 Å². The summed E-state index contributed by atoms with van der Waals surface area (Å²) in [5.74, 6) is 0.107. The maximum absolute atomic E-state index is 12.6. The van der Waals surface area contributed by atoms with Crippen LogP contribution in [0, 0.1) is 24.0 Å². The van der Waals surface area contributed by atoms with Crippen LogP contribution in [0.3, 0.4) is 0 Å². The van der Waals surface area contributed by atoms with Crippen LogP contribution in [0.15, 0.2) is 42.5 Å². The van der Waals surface area contributed by atoms with Crippen molar-refractivity contribution < 1.29 is 9.72 Å². The Morgan fingerprint density at radius 2 is 1.73 bits per heavy atom. The number of piperazine rings is 1. The quantitative estimate of drug-likeness (QED) is 0.626. The molecule has 0 spiro atoms. The first-order valence-electron chi connectivity index (χ1n) is 8.78. The lowest BCUT2D eigenvalue weighted by Crippen LogP contribution is -2.49. The zero-order valence-corrected chi connectivity index (χ0v) is 15.1. The molecule has 0 aliphatic carbocycles. The smallest absolute Gasteiger partial charge is 0.292 e. The van der Waals surface area contributed by atoms with Crippen molar-refractivity contribution in [2.45, 2.75) is 20.3 Å². The molecule has 0 unspecified atom stereocenters. The van der Waals surface area contributed by atoms with Gasteiger partial charge in [-0.1, -0.05) is 30.3 Å². The van der Waals surface area contributed by atoms with Crippen molar-refractivity contribution >= 4 is 17.3 Å². The van der Waals surface area contributed by atoms with Crippen molar-refractivity contribution in [1.82, 2.24) is 4.90 Å². The Hall–Kier alpha value is -2.89. The molecule has 1 saturated heterocycles. The van der Waals surface area contributed by atoms with Crippen LogP contribution in [0.4, 0.5) is 11.4 Å². The maximum atomic E-state index is 12.6. The molecule has 1 heterocycles. The van der Waals surface area contributed by atoms with Crippen LogP contribution in [0.25, 0.3) is 0 Å². The summed E-state index contributed by atoms with van der Waals surface area (Å²) in [6.07, 6.45) is 0.395. The highest BCUT2D eigenvalue weighted by Crippen LogP contribution is 2.28. The van der Waals surface area contributed by atoms with Crippen LogP contribution in [-0.2, 0) is 11.2 Å². The summed E-state index contributed by atoms with van der Waals surface area (Å²) in [5.41, 5.74) is 4.18. The summed E-state index contributed by atoms with van der Waals surface area (Å²) < 4.78 is 0. The van der Waals surface area contributed by atoms with E-state index in [0.29, 0.717) is 38.3 Å². The van der Waals surface area contributed by atoms with E-state index in [0.717, 1.165) is 5.56 Å². The fraction of sp³-hybridized carbons (Fsp3) is 0.350. The van der Waals surface area contributed by atoms with Crippen LogP contribution in [0.1, 0.15) is 16.7 Å². The Balaban J connectivity index is 1.62. The number of nitro benzene ring substituents is 1. The molecule has 0 saturated carbocycles. The Kier molecular flexibility index (Phi) is 5.21. The second-order valence-electron chi connectivity index (χ2n) is 6.71. The molecule has 0 bridgehead atoms. The van der Waals surface area contributed by atoms with Gasteiger partial charge in [-0.2, -0.15) is 0 Å². The van der Waals surface area contributed by atoms with Gasteiger partial charge in [0.15, 0.2) is 0 Å². The number of nitro groups is 1. The van der Waals surface area contributed by atoms with Crippen LogP contribution >= 0.6 is 0 Å². The van der Waals surface area contributed by atoms with Gasteiger partial charge in [0, 0.05) is 32.2 Å². The van der Waals surface area contributed by atoms with E-state index in [-0.39, 0.29) is 16.5 Å². The first kappa shape index (κ1) is 17.9. The minimum absolute atomic E-state index is 0.107. The predicted molar refractivity (Wildman–Crippen MR) is 102 cm³/mol. The SMILES string of the molecule is Cc1ccc(CC(=O)N2CCN(c3ccccc3[N+](=O)[O-])CC2)cc1C. The topological polar surface area (TPSA) is 66.7 Å². The number of para-hydroxylation sites is 2. The highest BCUT2D eigenvalue weighted by Gasteiger charge is 2.25. The van der Waals surface area contributed by atoms with Crippen molar-refractivity contribution in [3.8, 4) is 0 Å². The van der Waals surface area contributed by atoms with Crippen LogP contribution in [0.5, 0.6) is 0 Å². The molecule has 3 rings (SSSR count). The molecule has 136 valence electrons. The van der Waals surface area contributed by atoms with Gasteiger partial charge in [-0.25, -0.2) is 0 Å². The normalized spacial score (nSPS) is 14.4. The molecule has 1 aliphatic heterocycles. The summed E-state index contributed by atoms with van der Waals surface area (Å²) in [4.78, 5) is 27.3. The number of rotatable bonds is 4. The molecular formula is C20H23N3O3. The van der Waals surface area contributed by atoms with Gasteiger partial charge in [-0.05, 0) is 36.6 Å². The van der Waals surface area contributed by atoms with Crippen molar-refractivity contribution in [3.05, 3.63) is 69.3 Å². The molecule has 1 aliphatic rings. The monoisotopic (exact) mass is 353 g/mol. The number of benzene rings is 2. The second-order valence-corrected chi connectivity index (χ2v) is 6.71. The first-order chi connectivity index (χ1) is 12.5. The van der Waals surface area contributed by atoms with Crippen molar-refractivity contribution in [2.24, 2.45) is 0 Å². The number of nitrogens with zero attached hydrogens (tertiary/aromatic N) is 3. The average Bonchev–Trinajstić information content (AvgIpc) is 2.65. The zero-order chi connectivity index (χ0) is 18.7. The molecular weight excluding hydrogens is 330 g/mol. The van der Waals surface area contributed by atoms with E-state index in [9.17, 15) is 14.9 Å². The Morgan fingerprint density at radius 3 is 2.38 bits per heavy atom. The molecule has 26 heavy (non-hydrogen) atoms. The van der Waals surface area contributed by atoms with Crippen molar-refractivity contribution in [2.75, 3.05) is 31.1 Å². The number of hydrogen-bond acceptors (Lipinski definition) is 4.